The van der Waals surface area contributed by atoms with Gasteiger partial charge in [-0.05, 0) is 63.2 Å². The minimum Gasteiger partial charge on any atom is -0.369 e. The molecule has 1 N–H and O–H groups in total. The molecule has 2 heterocycles. The fourth-order valence-corrected chi connectivity index (χ4v) is 4.98. The molecule has 25 heavy (non-hydrogen) atoms. The van der Waals surface area contributed by atoms with Gasteiger partial charge in [0.1, 0.15) is 17.0 Å². The van der Waals surface area contributed by atoms with Crippen LogP contribution < -0.4 is 5.32 Å². The average molecular weight is 361 g/mol. The lowest BCUT2D eigenvalue weighted by molar-refractivity contribution is 0.184. The van der Waals surface area contributed by atoms with E-state index in [2.05, 4.69) is 55.1 Å². The molecule has 3 rings (SSSR count). The van der Waals surface area contributed by atoms with Crippen LogP contribution in [0.2, 0.25) is 0 Å². The van der Waals surface area contributed by atoms with Crippen molar-refractivity contribution in [1.29, 1.82) is 0 Å². The summed E-state index contributed by atoms with van der Waals surface area (Å²) >= 11 is 1.88. The molecule has 0 saturated carbocycles. The molecule has 0 unspecified atom stereocenters. The second kappa shape index (κ2) is 7.58. The Hall–Kier alpha value is -1.20. The van der Waals surface area contributed by atoms with E-state index in [-0.39, 0.29) is 0 Å². The van der Waals surface area contributed by atoms with Gasteiger partial charge in [0.25, 0.3) is 0 Å². The quantitative estimate of drug-likeness (QED) is 0.733. The Kier molecular flexibility index (Phi) is 5.64. The molecule has 0 fully saturated rings. The third kappa shape index (κ3) is 3.98. The average Bonchev–Trinajstić information content (AvgIpc) is 2.97. The summed E-state index contributed by atoms with van der Waals surface area (Å²) in [4.78, 5) is 14.1. The maximum absolute atomic E-state index is 4.58. The summed E-state index contributed by atoms with van der Waals surface area (Å²) in [7, 11) is 4.24. The van der Waals surface area contributed by atoms with Crippen LogP contribution in [0, 0.1) is 11.3 Å². The van der Waals surface area contributed by atoms with Crippen molar-refractivity contribution in [2.45, 2.75) is 52.9 Å². The largest absolute Gasteiger partial charge is 0.369 e. The zero-order valence-electron chi connectivity index (χ0n) is 16.4. The normalized spacial score (nSPS) is 17.9. The molecule has 138 valence electrons. The molecular weight excluding hydrogens is 328 g/mol. The maximum Gasteiger partial charge on any atom is 0.138 e. The number of nitrogens with zero attached hydrogens (tertiary/aromatic N) is 3. The van der Waals surface area contributed by atoms with Crippen molar-refractivity contribution in [3.8, 4) is 0 Å². The molecule has 0 radical (unpaired) electrons. The molecule has 0 aliphatic heterocycles. The van der Waals surface area contributed by atoms with Crippen LogP contribution in [0.25, 0.3) is 10.2 Å². The fourth-order valence-electron chi connectivity index (χ4n) is 3.80. The lowest BCUT2D eigenvalue weighted by Crippen LogP contribution is -2.28. The van der Waals surface area contributed by atoms with Gasteiger partial charge in [0.2, 0.25) is 0 Å². The van der Waals surface area contributed by atoms with Gasteiger partial charge in [-0.25, -0.2) is 9.97 Å². The standard InChI is InChI=1S/C20H32N4S/c1-6-20(2,3)14-8-9-16-15(12-14)17-18(21-10-7-11-24(4)5)22-13-23-19(17)25-16/h13-14H,6-12H2,1-5H3,(H,21,22,23)/t14-/m0/s1. The Labute approximate surface area is 156 Å². The van der Waals surface area contributed by atoms with Crippen LogP contribution in [0.15, 0.2) is 6.33 Å². The zero-order valence-corrected chi connectivity index (χ0v) is 17.2. The van der Waals surface area contributed by atoms with Gasteiger partial charge in [0.15, 0.2) is 0 Å². The van der Waals surface area contributed by atoms with Gasteiger partial charge >= 0.3 is 0 Å². The molecule has 1 atom stereocenters. The van der Waals surface area contributed by atoms with Gasteiger partial charge in [-0.1, -0.05) is 27.2 Å². The van der Waals surface area contributed by atoms with Crippen LogP contribution in [-0.2, 0) is 12.8 Å². The van der Waals surface area contributed by atoms with E-state index < -0.39 is 0 Å². The summed E-state index contributed by atoms with van der Waals surface area (Å²) in [5, 5.41) is 4.87. The second-order valence-corrected chi connectivity index (χ2v) is 9.36. The van der Waals surface area contributed by atoms with E-state index in [1.165, 1.54) is 41.5 Å². The first kappa shape index (κ1) is 18.6. The predicted molar refractivity (Wildman–Crippen MR) is 109 cm³/mol. The molecule has 0 saturated heterocycles. The van der Waals surface area contributed by atoms with Crippen LogP contribution in [0.4, 0.5) is 5.82 Å². The summed E-state index contributed by atoms with van der Waals surface area (Å²) in [5.41, 5.74) is 1.93. The van der Waals surface area contributed by atoms with E-state index >= 15 is 0 Å². The van der Waals surface area contributed by atoms with Gasteiger partial charge in [-0.15, -0.1) is 11.3 Å². The van der Waals surface area contributed by atoms with Crippen molar-refractivity contribution in [3.05, 3.63) is 16.8 Å². The first-order chi connectivity index (χ1) is 11.9. The van der Waals surface area contributed by atoms with E-state index in [1.807, 2.05) is 11.3 Å². The van der Waals surface area contributed by atoms with Crippen LogP contribution in [0.1, 0.15) is 50.5 Å². The molecule has 4 nitrogen and oxygen atoms in total. The number of nitrogens with one attached hydrogen (secondary N) is 1. The lowest BCUT2D eigenvalue weighted by Gasteiger charge is -2.36. The summed E-state index contributed by atoms with van der Waals surface area (Å²) < 4.78 is 0. The monoisotopic (exact) mass is 360 g/mol. The first-order valence-corrected chi connectivity index (χ1v) is 10.4. The summed E-state index contributed by atoms with van der Waals surface area (Å²) in [5.74, 6) is 1.79. The highest BCUT2D eigenvalue weighted by molar-refractivity contribution is 7.19. The van der Waals surface area contributed by atoms with E-state index in [1.54, 1.807) is 6.33 Å². The number of aryl methyl sites for hydroxylation is 1. The SMILES string of the molecule is CCC(C)(C)[C@H]1CCc2sc3ncnc(NCCCN(C)C)c3c2C1. The van der Waals surface area contributed by atoms with Crippen LogP contribution in [0.3, 0.4) is 0 Å². The third-order valence-corrected chi connectivity index (χ3v) is 7.13. The van der Waals surface area contributed by atoms with Crippen LogP contribution >= 0.6 is 11.3 Å². The number of fused-ring (bicyclic) bond motifs is 3. The molecular formula is C20H32N4S. The summed E-state index contributed by atoms with van der Waals surface area (Å²) in [6.07, 6.45) is 7.75. The number of rotatable bonds is 7. The molecule has 0 amide bonds. The zero-order chi connectivity index (χ0) is 18.0. The van der Waals surface area contributed by atoms with Gasteiger partial charge < -0.3 is 10.2 Å². The molecule has 1 aliphatic carbocycles. The highest BCUT2D eigenvalue weighted by atomic mass is 32.1. The number of hydrogen-bond donors (Lipinski definition) is 1. The molecule has 1 aliphatic rings. The minimum atomic E-state index is 0.404. The number of thiophene rings is 1. The number of aromatic nitrogens is 2. The van der Waals surface area contributed by atoms with E-state index in [0.717, 1.165) is 36.1 Å². The van der Waals surface area contributed by atoms with Gasteiger partial charge in [0, 0.05) is 11.4 Å². The molecule has 0 aromatic carbocycles. The molecule has 0 bridgehead atoms. The Bertz CT molecular complexity index is 720. The maximum atomic E-state index is 4.58. The lowest BCUT2D eigenvalue weighted by atomic mass is 9.69. The Morgan fingerprint density at radius 2 is 2.12 bits per heavy atom. The first-order valence-electron chi connectivity index (χ1n) is 9.56. The Morgan fingerprint density at radius 3 is 2.84 bits per heavy atom. The van der Waals surface area contributed by atoms with Gasteiger partial charge in [-0.2, -0.15) is 0 Å². The van der Waals surface area contributed by atoms with Crippen molar-refractivity contribution in [3.63, 3.8) is 0 Å². The number of anilines is 1. The van der Waals surface area contributed by atoms with Crippen LogP contribution in [-0.4, -0.2) is 42.1 Å². The van der Waals surface area contributed by atoms with E-state index in [9.17, 15) is 0 Å². The molecule has 5 heteroatoms. The van der Waals surface area contributed by atoms with Crippen molar-refractivity contribution < 1.29 is 0 Å². The topological polar surface area (TPSA) is 41.1 Å². The second-order valence-electron chi connectivity index (χ2n) is 8.27. The minimum absolute atomic E-state index is 0.404. The predicted octanol–water partition coefficient (Wildman–Crippen LogP) is 4.60. The highest BCUT2D eigenvalue weighted by Crippen LogP contribution is 2.45. The smallest absolute Gasteiger partial charge is 0.138 e. The van der Waals surface area contributed by atoms with Crippen molar-refractivity contribution in [2.24, 2.45) is 11.3 Å². The summed E-state index contributed by atoms with van der Waals surface area (Å²) in [6.45, 7) is 9.22. The van der Waals surface area contributed by atoms with Crippen molar-refractivity contribution in [2.75, 3.05) is 32.5 Å². The third-order valence-electron chi connectivity index (χ3n) is 5.93. The van der Waals surface area contributed by atoms with Gasteiger partial charge in [0.05, 0.1) is 5.39 Å². The molecule has 2 aromatic rings. The summed E-state index contributed by atoms with van der Waals surface area (Å²) in [6, 6.07) is 0. The highest BCUT2D eigenvalue weighted by Gasteiger charge is 2.33. The van der Waals surface area contributed by atoms with Gasteiger partial charge in [-0.3, -0.25) is 0 Å². The van der Waals surface area contributed by atoms with E-state index in [4.69, 9.17) is 0 Å². The Morgan fingerprint density at radius 1 is 1.32 bits per heavy atom. The number of hydrogen-bond acceptors (Lipinski definition) is 5. The fraction of sp³-hybridized carbons (Fsp3) is 0.700. The van der Waals surface area contributed by atoms with E-state index in [0.29, 0.717) is 5.41 Å². The Balaban J connectivity index is 1.85. The van der Waals surface area contributed by atoms with Crippen LogP contribution in [0.5, 0.6) is 0 Å². The van der Waals surface area contributed by atoms with Crippen molar-refractivity contribution >= 4 is 27.4 Å². The molecule has 0 spiro atoms. The molecule has 2 aromatic heterocycles. The van der Waals surface area contributed by atoms with Crippen molar-refractivity contribution in [1.82, 2.24) is 14.9 Å².